The van der Waals surface area contributed by atoms with Gasteiger partial charge in [0.05, 0.1) is 11.6 Å². The molecule has 0 spiro atoms. The number of aliphatic hydroxyl groups is 1. The molecular weight excluding hydrogens is 366 g/mol. The molecule has 0 bridgehead atoms. The van der Waals surface area contributed by atoms with Gasteiger partial charge in [0.1, 0.15) is 0 Å². The van der Waals surface area contributed by atoms with Gasteiger partial charge in [-0.2, -0.15) is 0 Å². The number of hydrogen-bond acceptors (Lipinski definition) is 2. The second kappa shape index (κ2) is 8.43. The van der Waals surface area contributed by atoms with Crippen LogP contribution in [0, 0.1) is 13.8 Å². The molecule has 0 fully saturated rings. The quantitative estimate of drug-likeness (QED) is 0.442. The van der Waals surface area contributed by atoms with Gasteiger partial charge in [-0.15, -0.1) is 0 Å². The van der Waals surface area contributed by atoms with Crippen LogP contribution in [0.2, 0.25) is 0 Å². The molecule has 0 amide bonds. The normalized spacial score (nSPS) is 12.8. The van der Waals surface area contributed by atoms with Gasteiger partial charge in [0.15, 0.2) is 0 Å². The fourth-order valence-corrected chi connectivity index (χ4v) is 4.35. The van der Waals surface area contributed by atoms with E-state index in [2.05, 4.69) is 74.5 Å². The number of fused-ring (bicyclic) bond motifs is 1. The van der Waals surface area contributed by atoms with Crippen molar-refractivity contribution >= 4 is 10.8 Å². The highest BCUT2D eigenvalue weighted by molar-refractivity contribution is 5.83. The van der Waals surface area contributed by atoms with Crippen LogP contribution in [0.25, 0.3) is 10.8 Å². The van der Waals surface area contributed by atoms with Gasteiger partial charge >= 0.3 is 0 Å². The average Bonchev–Trinajstić information content (AvgIpc) is 2.73. The van der Waals surface area contributed by atoms with Gasteiger partial charge < -0.3 is 10.8 Å². The van der Waals surface area contributed by atoms with E-state index in [1.807, 2.05) is 30.3 Å². The minimum absolute atomic E-state index is 0.497. The minimum Gasteiger partial charge on any atom is -0.387 e. The first-order valence-electron chi connectivity index (χ1n) is 10.5. The summed E-state index contributed by atoms with van der Waals surface area (Å²) in [5.41, 5.74) is 11.2. The fraction of sp³-hybridized carbons (Fsp3) is 0.214. The van der Waals surface area contributed by atoms with E-state index in [0.29, 0.717) is 12.8 Å². The van der Waals surface area contributed by atoms with Gasteiger partial charge in [-0.3, -0.25) is 0 Å². The molecule has 4 aromatic carbocycles. The van der Waals surface area contributed by atoms with Crippen molar-refractivity contribution < 1.29 is 5.11 Å². The highest BCUT2D eigenvalue weighted by Gasteiger charge is 2.36. The van der Waals surface area contributed by atoms with Crippen molar-refractivity contribution in [2.24, 2.45) is 5.73 Å². The van der Waals surface area contributed by atoms with Crippen molar-refractivity contribution in [3.8, 4) is 0 Å². The standard InChI is InChI=1S/C28H29NO/c1-20-7-5-9-22(15-20)18-28(30,19-23-10-6-8-21(2)16-23)27(29)26-14-13-24-11-3-4-12-25(24)17-26/h3-17,27,30H,18-19,29H2,1-2H3/t27-/m1/s1. The molecule has 1 atom stereocenters. The van der Waals surface area contributed by atoms with Crippen molar-refractivity contribution in [2.45, 2.75) is 38.3 Å². The van der Waals surface area contributed by atoms with E-state index in [4.69, 9.17) is 5.73 Å². The summed E-state index contributed by atoms with van der Waals surface area (Å²) >= 11 is 0. The Bertz CT molecular complexity index is 1120. The van der Waals surface area contributed by atoms with Crippen molar-refractivity contribution in [1.82, 2.24) is 0 Å². The van der Waals surface area contributed by atoms with Crippen molar-refractivity contribution in [1.29, 1.82) is 0 Å². The van der Waals surface area contributed by atoms with E-state index < -0.39 is 11.6 Å². The number of rotatable bonds is 6. The third kappa shape index (κ3) is 4.46. The largest absolute Gasteiger partial charge is 0.387 e. The molecule has 0 aliphatic rings. The third-order valence-corrected chi connectivity index (χ3v) is 5.90. The molecule has 0 unspecified atom stereocenters. The second-order valence-electron chi connectivity index (χ2n) is 8.52. The van der Waals surface area contributed by atoms with Gasteiger partial charge in [0.2, 0.25) is 0 Å². The lowest BCUT2D eigenvalue weighted by molar-refractivity contribution is 0.0137. The van der Waals surface area contributed by atoms with Crippen LogP contribution in [-0.4, -0.2) is 10.7 Å². The smallest absolute Gasteiger partial charge is 0.0919 e. The van der Waals surface area contributed by atoms with Crippen LogP contribution in [0.4, 0.5) is 0 Å². The Labute approximate surface area is 179 Å². The predicted octanol–water partition coefficient (Wildman–Crippen LogP) is 5.67. The third-order valence-electron chi connectivity index (χ3n) is 5.90. The van der Waals surface area contributed by atoms with Gasteiger partial charge in [0.25, 0.3) is 0 Å². The highest BCUT2D eigenvalue weighted by Crippen LogP contribution is 2.33. The molecule has 2 heteroatoms. The lowest BCUT2D eigenvalue weighted by Gasteiger charge is -2.35. The average molecular weight is 396 g/mol. The molecule has 0 aromatic heterocycles. The Morgan fingerprint density at radius 3 is 1.83 bits per heavy atom. The van der Waals surface area contributed by atoms with Gasteiger partial charge in [-0.25, -0.2) is 0 Å². The number of hydrogen-bond donors (Lipinski definition) is 2. The first kappa shape index (κ1) is 20.3. The molecule has 0 aliphatic carbocycles. The summed E-state index contributed by atoms with van der Waals surface area (Å²) < 4.78 is 0. The van der Waals surface area contributed by atoms with Crippen molar-refractivity contribution in [3.05, 3.63) is 119 Å². The highest BCUT2D eigenvalue weighted by atomic mass is 16.3. The van der Waals surface area contributed by atoms with E-state index in [9.17, 15) is 5.11 Å². The number of aryl methyl sites for hydroxylation is 2. The first-order chi connectivity index (χ1) is 14.4. The molecule has 4 rings (SSSR count). The van der Waals surface area contributed by atoms with Gasteiger partial charge in [-0.05, 0) is 47.4 Å². The predicted molar refractivity (Wildman–Crippen MR) is 126 cm³/mol. The van der Waals surface area contributed by atoms with Crippen LogP contribution in [-0.2, 0) is 12.8 Å². The van der Waals surface area contributed by atoms with Gasteiger partial charge in [-0.1, -0.05) is 96.1 Å². The molecule has 0 saturated heterocycles. The lowest BCUT2D eigenvalue weighted by atomic mass is 9.79. The SMILES string of the molecule is Cc1cccc(CC(O)(Cc2cccc(C)c2)[C@H](N)c2ccc3ccccc3c2)c1. The van der Waals surface area contributed by atoms with Crippen LogP contribution >= 0.6 is 0 Å². The Morgan fingerprint density at radius 1 is 0.700 bits per heavy atom. The second-order valence-corrected chi connectivity index (χ2v) is 8.52. The lowest BCUT2D eigenvalue weighted by Crippen LogP contribution is -2.45. The maximum atomic E-state index is 12.0. The molecule has 0 heterocycles. The maximum Gasteiger partial charge on any atom is 0.0919 e. The van der Waals surface area contributed by atoms with Crippen LogP contribution in [0.1, 0.15) is 33.9 Å². The molecule has 30 heavy (non-hydrogen) atoms. The summed E-state index contributed by atoms with van der Waals surface area (Å²) in [6.45, 7) is 4.15. The molecule has 0 aliphatic heterocycles. The van der Waals surface area contributed by atoms with Crippen molar-refractivity contribution in [2.75, 3.05) is 0 Å². The molecule has 2 nitrogen and oxygen atoms in total. The first-order valence-corrected chi connectivity index (χ1v) is 10.5. The van der Waals surface area contributed by atoms with Crippen LogP contribution in [0.5, 0.6) is 0 Å². The Balaban J connectivity index is 1.73. The zero-order valence-corrected chi connectivity index (χ0v) is 17.7. The van der Waals surface area contributed by atoms with E-state index in [-0.39, 0.29) is 0 Å². The zero-order valence-electron chi connectivity index (χ0n) is 17.7. The minimum atomic E-state index is -1.11. The van der Waals surface area contributed by atoms with Crippen molar-refractivity contribution in [3.63, 3.8) is 0 Å². The Hall–Kier alpha value is -2.94. The van der Waals surface area contributed by atoms with E-state index in [1.165, 1.54) is 16.5 Å². The Morgan fingerprint density at radius 2 is 1.27 bits per heavy atom. The molecular formula is C28H29NO. The van der Waals surface area contributed by atoms with E-state index >= 15 is 0 Å². The summed E-state index contributed by atoms with van der Waals surface area (Å²) in [4.78, 5) is 0. The summed E-state index contributed by atoms with van der Waals surface area (Å²) in [5, 5.41) is 14.3. The summed E-state index contributed by atoms with van der Waals surface area (Å²) in [6.07, 6.45) is 0.993. The maximum absolute atomic E-state index is 12.0. The van der Waals surface area contributed by atoms with Gasteiger partial charge in [0, 0.05) is 12.8 Å². The summed E-state index contributed by atoms with van der Waals surface area (Å²) in [7, 11) is 0. The van der Waals surface area contributed by atoms with Crippen LogP contribution in [0.3, 0.4) is 0 Å². The van der Waals surface area contributed by atoms with E-state index in [0.717, 1.165) is 22.1 Å². The summed E-state index contributed by atoms with van der Waals surface area (Å²) in [5.74, 6) is 0. The molecule has 0 saturated carbocycles. The van der Waals surface area contributed by atoms with Crippen LogP contribution < -0.4 is 5.73 Å². The number of benzene rings is 4. The van der Waals surface area contributed by atoms with E-state index in [1.54, 1.807) is 0 Å². The zero-order chi connectivity index (χ0) is 21.1. The molecule has 4 aromatic rings. The van der Waals surface area contributed by atoms with Crippen LogP contribution in [0.15, 0.2) is 91.0 Å². The molecule has 0 radical (unpaired) electrons. The topological polar surface area (TPSA) is 46.2 Å². The molecule has 152 valence electrons. The Kier molecular flexibility index (Phi) is 5.72. The monoisotopic (exact) mass is 395 g/mol. The summed E-state index contributed by atoms with van der Waals surface area (Å²) in [6, 6.07) is 30.6. The fourth-order valence-electron chi connectivity index (χ4n) is 4.35. The molecule has 3 N–H and O–H groups in total. The number of nitrogens with two attached hydrogens (primary N) is 1.